The van der Waals surface area contributed by atoms with Gasteiger partial charge in [-0.2, -0.15) is 5.10 Å². The average Bonchev–Trinajstić information content (AvgIpc) is 3.25. The molecule has 2 fully saturated rings. The normalized spacial score (nSPS) is 22.9. The van der Waals surface area contributed by atoms with Crippen LogP contribution in [0.2, 0.25) is 0 Å². The fourth-order valence-electron chi connectivity index (χ4n) is 3.66. The number of piperidine rings is 1. The van der Waals surface area contributed by atoms with E-state index in [-0.39, 0.29) is 11.9 Å². The Morgan fingerprint density at radius 2 is 2.04 bits per heavy atom. The van der Waals surface area contributed by atoms with Gasteiger partial charge in [-0.15, -0.1) is 0 Å². The lowest BCUT2D eigenvalue weighted by atomic mass is 9.92. The summed E-state index contributed by atoms with van der Waals surface area (Å²) in [4.78, 5) is 15.2. The van der Waals surface area contributed by atoms with Crippen LogP contribution in [0.15, 0.2) is 42.6 Å². The smallest absolute Gasteiger partial charge is 0.242 e. The van der Waals surface area contributed by atoms with Crippen LogP contribution in [-0.2, 0) is 4.79 Å². The van der Waals surface area contributed by atoms with E-state index in [9.17, 15) is 4.79 Å². The van der Waals surface area contributed by atoms with Crippen LogP contribution < -0.4 is 5.32 Å². The zero-order valence-electron chi connectivity index (χ0n) is 13.8. The Labute approximate surface area is 142 Å². The first-order chi connectivity index (χ1) is 11.8. The lowest BCUT2D eigenvalue weighted by Gasteiger charge is -2.37. The Balaban J connectivity index is 1.56. The van der Waals surface area contributed by atoms with E-state index in [0.29, 0.717) is 12.0 Å². The van der Waals surface area contributed by atoms with Gasteiger partial charge in [0.05, 0.1) is 0 Å². The van der Waals surface area contributed by atoms with Crippen molar-refractivity contribution in [3.8, 4) is 0 Å². The minimum absolute atomic E-state index is 0.147. The molecule has 2 atom stereocenters. The number of likely N-dealkylation sites (tertiary alicyclic amines) is 1. The summed E-state index contributed by atoms with van der Waals surface area (Å²) in [5, 5.41) is 10.4. The average molecular weight is 324 g/mol. The van der Waals surface area contributed by atoms with Gasteiger partial charge in [0.2, 0.25) is 5.91 Å². The van der Waals surface area contributed by atoms with Crippen LogP contribution in [-0.4, -0.2) is 40.1 Å². The second-order valence-corrected chi connectivity index (χ2v) is 6.94. The van der Waals surface area contributed by atoms with Crippen molar-refractivity contribution in [1.82, 2.24) is 20.4 Å². The molecule has 0 spiro atoms. The molecule has 2 unspecified atom stereocenters. The van der Waals surface area contributed by atoms with Gasteiger partial charge in [-0.25, -0.2) is 0 Å². The summed E-state index contributed by atoms with van der Waals surface area (Å²) < 4.78 is 0. The van der Waals surface area contributed by atoms with Crippen LogP contribution in [0.1, 0.15) is 48.9 Å². The van der Waals surface area contributed by atoms with Crippen molar-refractivity contribution in [2.75, 3.05) is 13.1 Å². The highest BCUT2D eigenvalue weighted by Gasteiger charge is 2.35. The maximum Gasteiger partial charge on any atom is 0.242 e. The number of carbonyl (C=O) groups is 1. The number of aromatic nitrogens is 2. The lowest BCUT2D eigenvalue weighted by Crippen LogP contribution is -2.45. The van der Waals surface area contributed by atoms with E-state index in [2.05, 4.69) is 38.6 Å². The minimum Gasteiger partial charge on any atom is -0.352 e. The second kappa shape index (κ2) is 6.77. The Hall–Kier alpha value is -2.14. The molecule has 1 saturated heterocycles. The molecule has 2 aliphatic rings. The van der Waals surface area contributed by atoms with Gasteiger partial charge in [0, 0.05) is 30.4 Å². The molecule has 2 heterocycles. The second-order valence-electron chi connectivity index (χ2n) is 6.94. The van der Waals surface area contributed by atoms with Crippen LogP contribution in [0.4, 0.5) is 0 Å². The molecule has 5 heteroatoms. The fourth-order valence-corrected chi connectivity index (χ4v) is 3.66. The predicted octanol–water partition coefficient (Wildman–Crippen LogP) is 2.61. The zero-order valence-corrected chi connectivity index (χ0v) is 13.8. The summed E-state index contributed by atoms with van der Waals surface area (Å²) in [5.41, 5.74) is 2.26. The summed E-state index contributed by atoms with van der Waals surface area (Å²) in [6.45, 7) is 1.85. The third-order valence-electron chi connectivity index (χ3n) is 5.07. The molecule has 24 heavy (non-hydrogen) atoms. The summed E-state index contributed by atoms with van der Waals surface area (Å²) in [6.07, 6.45) is 6.28. The fraction of sp³-hybridized carbons (Fsp3) is 0.474. The first kappa shape index (κ1) is 15.4. The topological polar surface area (TPSA) is 61.0 Å². The number of nitrogens with one attached hydrogen (secondary N) is 2. The molecule has 126 valence electrons. The van der Waals surface area contributed by atoms with E-state index in [1.807, 2.05) is 24.4 Å². The summed E-state index contributed by atoms with van der Waals surface area (Å²) >= 11 is 0. The van der Waals surface area contributed by atoms with Crippen LogP contribution in [0, 0.1) is 0 Å². The third kappa shape index (κ3) is 3.36. The van der Waals surface area contributed by atoms with Crippen molar-refractivity contribution in [3.05, 3.63) is 53.9 Å². The van der Waals surface area contributed by atoms with Gasteiger partial charge >= 0.3 is 0 Å². The molecule has 2 aromatic rings. The van der Waals surface area contributed by atoms with E-state index in [1.165, 1.54) is 5.69 Å². The van der Waals surface area contributed by atoms with Gasteiger partial charge in [0.15, 0.2) is 0 Å². The van der Waals surface area contributed by atoms with E-state index in [1.54, 1.807) is 0 Å². The van der Waals surface area contributed by atoms with Crippen molar-refractivity contribution in [1.29, 1.82) is 0 Å². The number of hydrogen-bond donors (Lipinski definition) is 2. The molecule has 5 nitrogen and oxygen atoms in total. The molecule has 1 aromatic carbocycles. The first-order valence-electron chi connectivity index (χ1n) is 8.90. The Morgan fingerprint density at radius 3 is 2.75 bits per heavy atom. The van der Waals surface area contributed by atoms with Gasteiger partial charge in [0.25, 0.3) is 0 Å². The zero-order chi connectivity index (χ0) is 16.4. The quantitative estimate of drug-likeness (QED) is 0.889. The SMILES string of the molecule is O=C(NC1CC1)C(c1ccccc1)N1CCCC(c2ccn[nH]2)C1. The number of benzene rings is 1. The van der Waals surface area contributed by atoms with Crippen LogP contribution >= 0.6 is 0 Å². The monoisotopic (exact) mass is 324 g/mol. The van der Waals surface area contributed by atoms with Crippen LogP contribution in [0.25, 0.3) is 0 Å². The maximum absolute atomic E-state index is 12.9. The summed E-state index contributed by atoms with van der Waals surface area (Å²) in [6, 6.07) is 12.4. The molecule has 4 rings (SSSR count). The lowest BCUT2D eigenvalue weighted by molar-refractivity contribution is -0.127. The number of amides is 1. The van der Waals surface area contributed by atoms with E-state index < -0.39 is 0 Å². The van der Waals surface area contributed by atoms with E-state index in [0.717, 1.165) is 44.3 Å². The first-order valence-corrected chi connectivity index (χ1v) is 8.90. The maximum atomic E-state index is 12.9. The summed E-state index contributed by atoms with van der Waals surface area (Å²) in [7, 11) is 0. The number of H-pyrrole nitrogens is 1. The van der Waals surface area contributed by atoms with Crippen molar-refractivity contribution >= 4 is 5.91 Å². The Kier molecular flexibility index (Phi) is 4.34. The van der Waals surface area contributed by atoms with Gasteiger partial charge in [-0.1, -0.05) is 30.3 Å². The molecule has 1 amide bonds. The van der Waals surface area contributed by atoms with Crippen LogP contribution in [0.3, 0.4) is 0 Å². The summed E-state index contributed by atoms with van der Waals surface area (Å²) in [5.74, 6) is 0.565. The highest BCUT2D eigenvalue weighted by molar-refractivity contribution is 5.83. The highest BCUT2D eigenvalue weighted by atomic mass is 16.2. The standard InChI is InChI=1S/C19H24N4O/c24-19(21-16-8-9-16)18(14-5-2-1-3-6-14)23-12-4-7-15(13-23)17-10-11-20-22-17/h1-3,5-6,10-11,15-16,18H,4,7-9,12-13H2,(H,20,22)(H,21,24). The van der Waals surface area contributed by atoms with Crippen molar-refractivity contribution in [2.45, 2.75) is 43.7 Å². The third-order valence-corrected chi connectivity index (χ3v) is 5.07. The van der Waals surface area contributed by atoms with Crippen molar-refractivity contribution in [3.63, 3.8) is 0 Å². The highest BCUT2D eigenvalue weighted by Crippen LogP contribution is 2.32. The number of nitrogens with zero attached hydrogens (tertiary/aromatic N) is 2. The van der Waals surface area contributed by atoms with Crippen molar-refractivity contribution < 1.29 is 4.79 Å². The molecule has 1 aliphatic heterocycles. The number of rotatable bonds is 5. The molecule has 1 aliphatic carbocycles. The number of carbonyl (C=O) groups excluding carboxylic acids is 1. The molecule has 1 aromatic heterocycles. The molecule has 0 radical (unpaired) electrons. The minimum atomic E-state index is -0.197. The van der Waals surface area contributed by atoms with Gasteiger partial charge in [-0.05, 0) is 43.9 Å². The van der Waals surface area contributed by atoms with Gasteiger partial charge in [0.1, 0.15) is 6.04 Å². The van der Waals surface area contributed by atoms with E-state index >= 15 is 0 Å². The predicted molar refractivity (Wildman–Crippen MR) is 92.5 cm³/mol. The molecule has 2 N–H and O–H groups in total. The largest absolute Gasteiger partial charge is 0.352 e. The van der Waals surface area contributed by atoms with Gasteiger partial charge < -0.3 is 5.32 Å². The molecule has 1 saturated carbocycles. The number of hydrogen-bond acceptors (Lipinski definition) is 3. The molecular weight excluding hydrogens is 300 g/mol. The number of aromatic amines is 1. The molecule has 0 bridgehead atoms. The van der Waals surface area contributed by atoms with Gasteiger partial charge in [-0.3, -0.25) is 14.8 Å². The Morgan fingerprint density at radius 1 is 1.21 bits per heavy atom. The molecular formula is C19H24N4O. The Bertz CT molecular complexity index is 666. The van der Waals surface area contributed by atoms with E-state index in [4.69, 9.17) is 0 Å². The van der Waals surface area contributed by atoms with Crippen LogP contribution in [0.5, 0.6) is 0 Å². The van der Waals surface area contributed by atoms with Crippen molar-refractivity contribution in [2.24, 2.45) is 0 Å².